The predicted octanol–water partition coefficient (Wildman–Crippen LogP) is 0.675. The van der Waals surface area contributed by atoms with Gasteiger partial charge >= 0.3 is 0 Å². The van der Waals surface area contributed by atoms with Crippen molar-refractivity contribution in [2.45, 2.75) is 19.4 Å². The Labute approximate surface area is 47.5 Å². The molecule has 0 saturated heterocycles. The van der Waals surface area contributed by atoms with Crippen LogP contribution in [0.15, 0.2) is 5.16 Å². The van der Waals surface area contributed by atoms with E-state index in [1.54, 1.807) is 0 Å². The van der Waals surface area contributed by atoms with Gasteiger partial charge in [-0.1, -0.05) is 5.16 Å². The first-order chi connectivity index (χ1) is 3.83. The van der Waals surface area contributed by atoms with Gasteiger partial charge in [0.15, 0.2) is 0 Å². The zero-order valence-corrected chi connectivity index (χ0v) is 4.59. The van der Waals surface area contributed by atoms with Crippen LogP contribution in [0, 0.1) is 11.3 Å². The number of hydrogen-bond donors (Lipinski definition) is 0. The maximum absolute atomic E-state index is 8.24. The lowest BCUT2D eigenvalue weighted by molar-refractivity contribution is 0.125. The molecule has 3 heteroatoms. The van der Waals surface area contributed by atoms with Gasteiger partial charge in [0, 0.05) is 6.42 Å². The molecule has 0 amide bonds. The molecular formula is C5H6N2O. The average molecular weight is 110 g/mol. The Morgan fingerprint density at radius 2 is 2.75 bits per heavy atom. The summed E-state index contributed by atoms with van der Waals surface area (Å²) < 4.78 is 0. The molecule has 1 heterocycles. The first-order valence-electron chi connectivity index (χ1n) is 2.42. The summed E-state index contributed by atoms with van der Waals surface area (Å²) in [5.74, 6) is 0. The van der Waals surface area contributed by atoms with E-state index in [1.165, 1.54) is 0 Å². The van der Waals surface area contributed by atoms with Crippen molar-refractivity contribution in [1.29, 1.82) is 5.26 Å². The van der Waals surface area contributed by atoms with E-state index in [9.17, 15) is 0 Å². The van der Waals surface area contributed by atoms with Gasteiger partial charge in [-0.05, 0) is 6.92 Å². The highest BCUT2D eigenvalue weighted by atomic mass is 16.6. The third-order valence-corrected chi connectivity index (χ3v) is 0.961. The van der Waals surface area contributed by atoms with Crippen LogP contribution in [0.3, 0.4) is 0 Å². The van der Waals surface area contributed by atoms with Crippen LogP contribution in [0.1, 0.15) is 13.3 Å². The molecule has 0 saturated carbocycles. The third kappa shape index (κ3) is 0.784. The van der Waals surface area contributed by atoms with Gasteiger partial charge < -0.3 is 4.84 Å². The standard InChI is InChI=1S/C5H6N2O/c1-4-2-5(3-6)8-7-4/h5H,2H2,1H3/t5-/m1/s1. The van der Waals surface area contributed by atoms with E-state index in [0.29, 0.717) is 6.42 Å². The van der Waals surface area contributed by atoms with Gasteiger partial charge in [0.1, 0.15) is 6.07 Å². The van der Waals surface area contributed by atoms with Gasteiger partial charge in [0.05, 0.1) is 5.71 Å². The second-order valence-corrected chi connectivity index (χ2v) is 1.75. The Hall–Kier alpha value is -1.04. The van der Waals surface area contributed by atoms with Crippen LogP contribution >= 0.6 is 0 Å². The normalized spacial score (nSPS) is 26.0. The molecule has 8 heavy (non-hydrogen) atoms. The van der Waals surface area contributed by atoms with Gasteiger partial charge in [-0.25, -0.2) is 0 Å². The first-order valence-corrected chi connectivity index (χ1v) is 2.42. The molecule has 0 radical (unpaired) electrons. The van der Waals surface area contributed by atoms with Gasteiger partial charge in [0.2, 0.25) is 6.10 Å². The number of rotatable bonds is 0. The van der Waals surface area contributed by atoms with E-state index in [2.05, 4.69) is 9.99 Å². The maximum atomic E-state index is 8.24. The summed E-state index contributed by atoms with van der Waals surface area (Å²) in [6.45, 7) is 1.84. The van der Waals surface area contributed by atoms with E-state index in [4.69, 9.17) is 5.26 Å². The predicted molar refractivity (Wildman–Crippen MR) is 28.2 cm³/mol. The topological polar surface area (TPSA) is 45.4 Å². The van der Waals surface area contributed by atoms with E-state index in [0.717, 1.165) is 5.71 Å². The second-order valence-electron chi connectivity index (χ2n) is 1.75. The van der Waals surface area contributed by atoms with Gasteiger partial charge in [-0.2, -0.15) is 5.26 Å². The number of nitrogens with zero attached hydrogens (tertiary/aromatic N) is 2. The summed E-state index contributed by atoms with van der Waals surface area (Å²) in [6.07, 6.45) is 0.339. The molecule has 0 N–H and O–H groups in total. The Kier molecular flexibility index (Phi) is 1.17. The van der Waals surface area contributed by atoms with Crippen LogP contribution in [-0.2, 0) is 4.84 Å². The maximum Gasteiger partial charge on any atom is 0.217 e. The molecule has 3 nitrogen and oxygen atoms in total. The summed E-state index contributed by atoms with van der Waals surface area (Å²) in [5, 5.41) is 11.8. The fourth-order valence-electron chi connectivity index (χ4n) is 0.566. The van der Waals surface area contributed by atoms with Crippen LogP contribution in [0.25, 0.3) is 0 Å². The van der Waals surface area contributed by atoms with Gasteiger partial charge in [0.25, 0.3) is 0 Å². The molecule has 42 valence electrons. The third-order valence-electron chi connectivity index (χ3n) is 0.961. The first kappa shape index (κ1) is 5.10. The monoisotopic (exact) mass is 110 g/mol. The largest absolute Gasteiger partial charge is 0.377 e. The smallest absolute Gasteiger partial charge is 0.217 e. The Morgan fingerprint density at radius 1 is 2.00 bits per heavy atom. The number of nitriles is 1. The van der Waals surface area contributed by atoms with Crippen LogP contribution in [-0.4, -0.2) is 11.8 Å². The van der Waals surface area contributed by atoms with Crippen LogP contribution < -0.4 is 0 Å². The van der Waals surface area contributed by atoms with Crippen molar-refractivity contribution < 1.29 is 4.84 Å². The summed E-state index contributed by atoms with van der Waals surface area (Å²) >= 11 is 0. The molecule has 0 aromatic heterocycles. The zero-order chi connectivity index (χ0) is 5.98. The minimum absolute atomic E-state index is 0.324. The molecule has 0 bridgehead atoms. The Bertz CT molecular complexity index is 156. The molecular weight excluding hydrogens is 104 g/mol. The molecule has 0 unspecified atom stereocenters. The highest BCUT2D eigenvalue weighted by Gasteiger charge is 2.15. The molecule has 1 aliphatic rings. The Balaban J connectivity index is 2.47. The second kappa shape index (κ2) is 1.83. The zero-order valence-electron chi connectivity index (χ0n) is 4.59. The van der Waals surface area contributed by atoms with Crippen molar-refractivity contribution in [2.24, 2.45) is 5.16 Å². The molecule has 1 rings (SSSR count). The number of hydrogen-bond acceptors (Lipinski definition) is 3. The minimum atomic E-state index is -0.324. The van der Waals surface area contributed by atoms with Crippen molar-refractivity contribution >= 4 is 5.71 Å². The summed E-state index contributed by atoms with van der Waals surface area (Å²) in [4.78, 5) is 4.64. The average Bonchev–Trinajstić information content (AvgIpc) is 2.14. The van der Waals surface area contributed by atoms with Crippen LogP contribution in [0.5, 0.6) is 0 Å². The van der Waals surface area contributed by atoms with Crippen molar-refractivity contribution in [3.8, 4) is 6.07 Å². The SMILES string of the molecule is CC1=NO[C@@H](C#N)C1. The molecule has 0 spiro atoms. The molecule has 1 atom stereocenters. The molecule has 0 aromatic carbocycles. The van der Waals surface area contributed by atoms with E-state index >= 15 is 0 Å². The van der Waals surface area contributed by atoms with Gasteiger partial charge in [-0.15, -0.1) is 0 Å². The summed E-state index contributed by atoms with van der Waals surface area (Å²) in [5.41, 5.74) is 0.900. The molecule has 0 fully saturated rings. The van der Waals surface area contributed by atoms with Crippen molar-refractivity contribution in [3.63, 3.8) is 0 Å². The quantitative estimate of drug-likeness (QED) is 0.460. The summed E-state index contributed by atoms with van der Waals surface area (Å²) in [6, 6.07) is 1.96. The highest BCUT2D eigenvalue weighted by Crippen LogP contribution is 2.07. The Morgan fingerprint density at radius 3 is 3.00 bits per heavy atom. The summed E-state index contributed by atoms with van der Waals surface area (Å²) in [7, 11) is 0. The van der Waals surface area contributed by atoms with E-state index < -0.39 is 0 Å². The minimum Gasteiger partial charge on any atom is -0.377 e. The van der Waals surface area contributed by atoms with Crippen molar-refractivity contribution in [2.75, 3.05) is 0 Å². The van der Waals surface area contributed by atoms with Crippen LogP contribution in [0.2, 0.25) is 0 Å². The highest BCUT2D eigenvalue weighted by molar-refractivity contribution is 5.83. The fourth-order valence-corrected chi connectivity index (χ4v) is 0.566. The number of oxime groups is 1. The molecule has 1 aliphatic heterocycles. The lowest BCUT2D eigenvalue weighted by Crippen LogP contribution is -2.01. The molecule has 0 aliphatic carbocycles. The van der Waals surface area contributed by atoms with Gasteiger partial charge in [-0.3, -0.25) is 0 Å². The molecule has 0 aromatic rings. The lowest BCUT2D eigenvalue weighted by Gasteiger charge is -1.90. The van der Waals surface area contributed by atoms with Crippen molar-refractivity contribution in [1.82, 2.24) is 0 Å². The van der Waals surface area contributed by atoms with E-state index in [-0.39, 0.29) is 6.10 Å². The van der Waals surface area contributed by atoms with E-state index in [1.807, 2.05) is 13.0 Å². The fraction of sp³-hybridized carbons (Fsp3) is 0.600. The van der Waals surface area contributed by atoms with Crippen LogP contribution in [0.4, 0.5) is 0 Å². The van der Waals surface area contributed by atoms with Crippen molar-refractivity contribution in [3.05, 3.63) is 0 Å². The lowest BCUT2D eigenvalue weighted by atomic mass is 10.2.